The van der Waals surface area contributed by atoms with Gasteiger partial charge in [0.1, 0.15) is 11.4 Å². The first-order valence-corrected chi connectivity index (χ1v) is 10.4. The Morgan fingerprint density at radius 2 is 1.45 bits per heavy atom. The summed E-state index contributed by atoms with van der Waals surface area (Å²) in [4.78, 5) is 26.1. The van der Waals surface area contributed by atoms with E-state index in [0.717, 1.165) is 11.3 Å². The van der Waals surface area contributed by atoms with Gasteiger partial charge in [-0.2, -0.15) is 5.10 Å². The van der Waals surface area contributed by atoms with Crippen molar-refractivity contribution in [1.82, 2.24) is 9.78 Å². The maximum atomic E-state index is 13.1. The Balaban J connectivity index is 1.73. The second-order valence-electron chi connectivity index (χ2n) is 6.86. The molecule has 0 aliphatic rings. The van der Waals surface area contributed by atoms with Gasteiger partial charge in [0.15, 0.2) is 0 Å². The van der Waals surface area contributed by atoms with Gasteiger partial charge in [0.05, 0.1) is 17.4 Å². The number of aromatic nitrogens is 2. The molecule has 2 N–H and O–H groups in total. The summed E-state index contributed by atoms with van der Waals surface area (Å²) in [6.45, 7) is 1.92. The van der Waals surface area contributed by atoms with Gasteiger partial charge in [-0.1, -0.05) is 48.5 Å². The fourth-order valence-corrected chi connectivity index (χ4v) is 3.59. The van der Waals surface area contributed by atoms with Crippen molar-refractivity contribution in [3.8, 4) is 5.69 Å². The molecule has 0 fully saturated rings. The highest BCUT2D eigenvalue weighted by atomic mass is 79.9. The predicted octanol–water partition coefficient (Wildman–Crippen LogP) is 5.45. The van der Waals surface area contributed by atoms with Gasteiger partial charge in [-0.25, -0.2) is 4.68 Å². The van der Waals surface area contributed by atoms with E-state index in [2.05, 4.69) is 31.7 Å². The van der Waals surface area contributed by atoms with E-state index < -0.39 is 0 Å². The van der Waals surface area contributed by atoms with Crippen molar-refractivity contribution >= 4 is 39.2 Å². The van der Waals surface area contributed by atoms with E-state index in [-0.39, 0.29) is 23.2 Å². The van der Waals surface area contributed by atoms with E-state index in [1.54, 1.807) is 22.9 Å². The third-order valence-electron chi connectivity index (χ3n) is 4.76. The van der Waals surface area contributed by atoms with Crippen LogP contribution in [-0.4, -0.2) is 21.6 Å². The lowest BCUT2D eigenvalue weighted by Crippen LogP contribution is -2.20. The Kier molecular flexibility index (Phi) is 5.95. The molecule has 0 atom stereocenters. The number of hydrogen-bond donors (Lipinski definition) is 2. The number of nitrogens with zero attached hydrogens (tertiary/aromatic N) is 2. The van der Waals surface area contributed by atoms with E-state index in [4.69, 9.17) is 0 Å². The smallest absolute Gasteiger partial charge is 0.261 e. The van der Waals surface area contributed by atoms with Crippen LogP contribution < -0.4 is 10.6 Å². The molecule has 3 aromatic carbocycles. The normalized spacial score (nSPS) is 10.5. The number of nitrogens with one attached hydrogen (secondary N) is 2. The second kappa shape index (κ2) is 8.97. The molecule has 0 radical (unpaired) electrons. The largest absolute Gasteiger partial charge is 0.322 e. The van der Waals surface area contributed by atoms with Crippen molar-refractivity contribution in [3.05, 3.63) is 106 Å². The summed E-state index contributed by atoms with van der Waals surface area (Å²) < 4.78 is 2.20. The van der Waals surface area contributed by atoms with Crippen LogP contribution >= 0.6 is 15.9 Å². The molecular formula is C24H19BrN4O2. The fraction of sp³-hybridized carbons (Fsp3) is 0.0417. The number of anilines is 2. The molecule has 0 bridgehead atoms. The van der Waals surface area contributed by atoms with Crippen molar-refractivity contribution in [2.45, 2.75) is 6.92 Å². The number of para-hydroxylation sites is 2. The quantitative estimate of drug-likeness (QED) is 0.403. The van der Waals surface area contributed by atoms with Crippen molar-refractivity contribution in [3.63, 3.8) is 0 Å². The summed E-state index contributed by atoms with van der Waals surface area (Å²) in [7, 11) is 0. The molecule has 4 rings (SSSR count). The first-order chi connectivity index (χ1) is 15.0. The molecule has 0 saturated heterocycles. The summed E-state index contributed by atoms with van der Waals surface area (Å²) in [6, 6.07) is 23.9. The molecule has 6 nitrogen and oxygen atoms in total. The monoisotopic (exact) mass is 474 g/mol. The van der Waals surface area contributed by atoms with Gasteiger partial charge in [0, 0.05) is 10.2 Å². The summed E-state index contributed by atoms with van der Waals surface area (Å²) in [5.41, 5.74) is 3.06. The zero-order chi connectivity index (χ0) is 21.8. The van der Waals surface area contributed by atoms with E-state index >= 15 is 0 Å². The minimum absolute atomic E-state index is 0.257. The zero-order valence-electron chi connectivity index (χ0n) is 16.7. The van der Waals surface area contributed by atoms with Crippen molar-refractivity contribution in [2.75, 3.05) is 10.6 Å². The number of benzene rings is 3. The Labute approximate surface area is 188 Å². The van der Waals surface area contributed by atoms with E-state index in [0.29, 0.717) is 15.7 Å². The third-order valence-corrected chi connectivity index (χ3v) is 5.45. The van der Waals surface area contributed by atoms with Crippen LogP contribution in [0.4, 0.5) is 11.5 Å². The van der Waals surface area contributed by atoms with Gasteiger partial charge >= 0.3 is 0 Å². The fourth-order valence-electron chi connectivity index (χ4n) is 3.12. The molecule has 0 aliphatic heterocycles. The molecule has 4 aromatic rings. The average Bonchev–Trinajstić information content (AvgIpc) is 3.19. The van der Waals surface area contributed by atoms with Crippen LogP contribution in [-0.2, 0) is 0 Å². The van der Waals surface area contributed by atoms with Gasteiger partial charge in [0.25, 0.3) is 11.8 Å². The summed E-state index contributed by atoms with van der Waals surface area (Å²) in [5, 5.41) is 10.1. The third kappa shape index (κ3) is 4.41. The van der Waals surface area contributed by atoms with Crippen LogP contribution in [0.25, 0.3) is 5.69 Å². The van der Waals surface area contributed by atoms with Crippen LogP contribution in [0.2, 0.25) is 0 Å². The number of rotatable bonds is 5. The number of carbonyl (C=O) groups is 2. The number of hydrogen-bond acceptors (Lipinski definition) is 3. The first kappa shape index (κ1) is 20.6. The Hall–Kier alpha value is -3.71. The zero-order valence-corrected chi connectivity index (χ0v) is 18.3. The molecule has 0 aliphatic carbocycles. The van der Waals surface area contributed by atoms with Crippen LogP contribution in [0, 0.1) is 6.92 Å². The molecule has 2 amide bonds. The van der Waals surface area contributed by atoms with Gasteiger partial charge in [-0.05, 0) is 58.7 Å². The summed E-state index contributed by atoms with van der Waals surface area (Å²) in [5.74, 6) is -0.424. The maximum absolute atomic E-state index is 13.1. The van der Waals surface area contributed by atoms with Crippen LogP contribution in [0.3, 0.4) is 0 Å². The molecule has 0 unspecified atom stereocenters. The second-order valence-corrected chi connectivity index (χ2v) is 7.71. The predicted molar refractivity (Wildman–Crippen MR) is 125 cm³/mol. The molecule has 154 valence electrons. The van der Waals surface area contributed by atoms with Crippen molar-refractivity contribution < 1.29 is 9.59 Å². The molecule has 7 heteroatoms. The lowest BCUT2D eigenvalue weighted by atomic mass is 10.2. The molecule has 1 heterocycles. The van der Waals surface area contributed by atoms with Crippen LogP contribution in [0.1, 0.15) is 26.3 Å². The lowest BCUT2D eigenvalue weighted by Gasteiger charge is -2.13. The summed E-state index contributed by atoms with van der Waals surface area (Å²) in [6.07, 6.45) is 1.45. The Morgan fingerprint density at radius 3 is 2.19 bits per heavy atom. The highest BCUT2D eigenvalue weighted by molar-refractivity contribution is 9.10. The SMILES string of the molecule is Cc1ccccc1NC(=O)c1cnn(-c2ccccc2)c1NC(=O)c1ccccc1Br. The molecule has 1 aromatic heterocycles. The van der Waals surface area contributed by atoms with Gasteiger partial charge in [0.2, 0.25) is 0 Å². The molecule has 0 saturated carbocycles. The standard InChI is InChI=1S/C24H19BrN4O2/c1-16-9-5-8-14-21(16)27-24(31)19-15-26-29(17-10-3-2-4-11-17)22(19)28-23(30)18-12-6-7-13-20(18)25/h2-15H,1H3,(H,27,31)(H,28,30). The minimum atomic E-state index is -0.362. The molecular weight excluding hydrogens is 456 g/mol. The van der Waals surface area contributed by atoms with Gasteiger partial charge in [-0.3, -0.25) is 9.59 Å². The van der Waals surface area contributed by atoms with E-state index in [9.17, 15) is 9.59 Å². The number of halogens is 1. The Bertz CT molecular complexity index is 1250. The van der Waals surface area contributed by atoms with Gasteiger partial charge < -0.3 is 10.6 Å². The van der Waals surface area contributed by atoms with E-state index in [1.165, 1.54) is 6.20 Å². The number of carbonyl (C=O) groups excluding carboxylic acids is 2. The first-order valence-electron chi connectivity index (χ1n) is 9.61. The van der Waals surface area contributed by atoms with E-state index in [1.807, 2.05) is 67.6 Å². The Morgan fingerprint density at radius 1 is 0.806 bits per heavy atom. The van der Waals surface area contributed by atoms with Crippen molar-refractivity contribution in [1.29, 1.82) is 0 Å². The number of amides is 2. The molecule has 0 spiro atoms. The minimum Gasteiger partial charge on any atom is -0.322 e. The lowest BCUT2D eigenvalue weighted by molar-refractivity contribution is 0.102. The van der Waals surface area contributed by atoms with Crippen LogP contribution in [0.5, 0.6) is 0 Å². The molecule has 31 heavy (non-hydrogen) atoms. The maximum Gasteiger partial charge on any atom is 0.261 e. The highest BCUT2D eigenvalue weighted by Crippen LogP contribution is 2.24. The van der Waals surface area contributed by atoms with Gasteiger partial charge in [-0.15, -0.1) is 0 Å². The van der Waals surface area contributed by atoms with Crippen LogP contribution in [0.15, 0.2) is 89.5 Å². The topological polar surface area (TPSA) is 76.0 Å². The summed E-state index contributed by atoms with van der Waals surface area (Å²) >= 11 is 3.40. The number of aryl methyl sites for hydroxylation is 1. The van der Waals surface area contributed by atoms with Crippen molar-refractivity contribution in [2.24, 2.45) is 0 Å². The average molecular weight is 475 g/mol. The highest BCUT2D eigenvalue weighted by Gasteiger charge is 2.22.